The molecule has 0 bridgehead atoms. The predicted octanol–water partition coefficient (Wildman–Crippen LogP) is 3.32. The number of hydrogen-bond acceptors (Lipinski definition) is 8. The Labute approximate surface area is 234 Å². The quantitative estimate of drug-likeness (QED) is 0.440. The number of alkyl halides is 1. The number of hydrogen-bond donors (Lipinski definition) is 3. The van der Waals surface area contributed by atoms with Crippen molar-refractivity contribution in [3.8, 4) is 5.75 Å². The number of nitrogens with one attached hydrogen (secondary N) is 2. The monoisotopic (exact) mass is 573 g/mol. The number of fused-ring (bicyclic) bond motifs is 1. The number of amides is 1. The third-order valence-electron chi connectivity index (χ3n) is 8.61. The van der Waals surface area contributed by atoms with E-state index in [4.69, 9.17) is 9.84 Å². The van der Waals surface area contributed by atoms with E-state index in [1.54, 1.807) is 31.2 Å². The second-order valence-electron chi connectivity index (χ2n) is 11.8. The number of piperidine rings is 1. The van der Waals surface area contributed by atoms with E-state index in [2.05, 4.69) is 19.9 Å². The van der Waals surface area contributed by atoms with Crippen molar-refractivity contribution in [2.24, 2.45) is 5.41 Å². The second kappa shape index (κ2) is 10.1. The maximum absolute atomic E-state index is 14.6. The summed E-state index contributed by atoms with van der Waals surface area (Å²) < 4.78 is 47.6. The summed E-state index contributed by atoms with van der Waals surface area (Å²) in [5.41, 5.74) is 1.87. The first-order chi connectivity index (χ1) is 19.1. The number of halogens is 1. The molecule has 1 amide bonds. The molecule has 1 atom stereocenters. The van der Waals surface area contributed by atoms with Gasteiger partial charge >= 0.3 is 0 Å². The zero-order valence-corrected chi connectivity index (χ0v) is 23.5. The normalized spacial score (nSPS) is 23.2. The summed E-state index contributed by atoms with van der Waals surface area (Å²) in [6, 6.07) is 6.76. The molecule has 3 N–H and O–H groups in total. The molecule has 1 aliphatic carbocycles. The lowest BCUT2D eigenvalue weighted by Crippen LogP contribution is -2.35. The molecule has 12 heteroatoms. The number of aromatic nitrogens is 1. The number of aliphatic hydroxyl groups excluding tert-OH is 1. The Kier molecular flexibility index (Phi) is 6.81. The number of ether oxygens (including phenoxy) is 1. The largest absolute Gasteiger partial charge is 0.489 e. The summed E-state index contributed by atoms with van der Waals surface area (Å²) >= 11 is 0. The summed E-state index contributed by atoms with van der Waals surface area (Å²) in [6.07, 6.45) is 5.64. The standard InChI is InChI=1S/C28H36FN5O5S/c1-27(29)7-10-34(18-27)25-24-19(4-14-39-24)16-22(30-25)26(36)31-21-3-2-20(32-40(37,38)15-13-35)17-23(21)33-11-8-28(5-6-28)9-12-33/h2-3,16-17,32,35H,4-15,18H2,1H3,(H,31,36). The Hall–Kier alpha value is -3.12. The smallest absolute Gasteiger partial charge is 0.274 e. The Morgan fingerprint density at radius 2 is 1.88 bits per heavy atom. The third-order valence-corrected chi connectivity index (χ3v) is 9.87. The van der Waals surface area contributed by atoms with Crippen molar-refractivity contribution in [2.75, 3.05) is 65.0 Å². The molecular weight excluding hydrogens is 537 g/mol. The third kappa shape index (κ3) is 5.56. The van der Waals surface area contributed by atoms with Gasteiger partial charge in [-0.05, 0) is 62.3 Å². The molecule has 4 aliphatic rings. The molecule has 1 spiro atoms. The van der Waals surface area contributed by atoms with Crippen LogP contribution in [-0.4, -0.2) is 75.2 Å². The maximum atomic E-state index is 14.6. The molecule has 10 nitrogen and oxygen atoms in total. The molecule has 1 aromatic carbocycles. The highest BCUT2D eigenvalue weighted by Crippen LogP contribution is 2.54. The van der Waals surface area contributed by atoms with Gasteiger partial charge in [-0.2, -0.15) is 0 Å². The Bertz CT molecular complexity index is 1420. The van der Waals surface area contributed by atoms with Crippen LogP contribution in [0.5, 0.6) is 5.75 Å². The van der Waals surface area contributed by atoms with Crippen molar-refractivity contribution in [3.63, 3.8) is 0 Å². The van der Waals surface area contributed by atoms with Crippen molar-refractivity contribution in [2.45, 2.75) is 51.1 Å². The van der Waals surface area contributed by atoms with Crippen molar-refractivity contribution in [3.05, 3.63) is 35.5 Å². The predicted molar refractivity (Wildman–Crippen MR) is 152 cm³/mol. The molecule has 0 radical (unpaired) electrons. The second-order valence-corrected chi connectivity index (χ2v) is 13.7. The molecule has 3 fully saturated rings. The minimum absolute atomic E-state index is 0.190. The summed E-state index contributed by atoms with van der Waals surface area (Å²) in [5.74, 6) is 0.323. The lowest BCUT2D eigenvalue weighted by atomic mass is 9.93. The fraction of sp³-hybridized carbons (Fsp3) is 0.571. The topological polar surface area (TPSA) is 124 Å². The number of carbonyl (C=O) groups excluding carboxylic acids is 1. The van der Waals surface area contributed by atoms with Gasteiger partial charge < -0.3 is 25.0 Å². The van der Waals surface area contributed by atoms with Crippen LogP contribution < -0.4 is 24.6 Å². The first-order valence-electron chi connectivity index (χ1n) is 14.0. The van der Waals surface area contributed by atoms with E-state index in [1.807, 2.05) is 4.90 Å². The fourth-order valence-corrected chi connectivity index (χ4v) is 6.84. The SMILES string of the molecule is CC1(F)CCN(c2nc(C(=O)Nc3ccc(NS(=O)(=O)CCO)cc3N3CCC4(CC3)CC4)cc3c2OCC3)C1. The van der Waals surface area contributed by atoms with Gasteiger partial charge in [0, 0.05) is 38.0 Å². The summed E-state index contributed by atoms with van der Waals surface area (Å²) in [7, 11) is -3.71. The van der Waals surface area contributed by atoms with E-state index in [1.165, 1.54) is 12.8 Å². The van der Waals surface area contributed by atoms with Crippen LogP contribution in [0.1, 0.15) is 55.1 Å². The van der Waals surface area contributed by atoms with E-state index < -0.39 is 34.0 Å². The number of carbonyl (C=O) groups is 1. The fourth-order valence-electron chi connectivity index (χ4n) is 6.01. The van der Waals surface area contributed by atoms with Gasteiger partial charge in [-0.1, -0.05) is 0 Å². The van der Waals surface area contributed by atoms with Gasteiger partial charge in [-0.25, -0.2) is 17.8 Å². The molecular formula is C28H36FN5O5S. The van der Waals surface area contributed by atoms with Gasteiger partial charge in [-0.3, -0.25) is 9.52 Å². The summed E-state index contributed by atoms with van der Waals surface area (Å²) in [4.78, 5) is 22.3. The zero-order valence-electron chi connectivity index (χ0n) is 22.7. The van der Waals surface area contributed by atoms with Crippen molar-refractivity contribution in [1.29, 1.82) is 0 Å². The van der Waals surface area contributed by atoms with Crippen LogP contribution in [0.15, 0.2) is 24.3 Å². The molecule has 40 heavy (non-hydrogen) atoms. The lowest BCUT2D eigenvalue weighted by Gasteiger charge is -2.35. The number of aliphatic hydroxyl groups is 1. The molecule has 4 heterocycles. The molecule has 1 saturated carbocycles. The number of sulfonamides is 1. The minimum atomic E-state index is -3.71. The molecule has 2 saturated heterocycles. The molecule has 1 aromatic heterocycles. The highest BCUT2D eigenvalue weighted by atomic mass is 32.2. The van der Waals surface area contributed by atoms with Crippen LogP contribution in [0.2, 0.25) is 0 Å². The highest BCUT2D eigenvalue weighted by Gasteiger charge is 2.44. The molecule has 3 aliphatic heterocycles. The van der Waals surface area contributed by atoms with E-state index in [-0.39, 0.29) is 12.2 Å². The molecule has 216 valence electrons. The first-order valence-corrected chi connectivity index (χ1v) is 15.6. The summed E-state index contributed by atoms with van der Waals surface area (Å²) in [5, 5.41) is 12.1. The Balaban J connectivity index is 1.29. The van der Waals surface area contributed by atoms with Gasteiger partial charge in [0.25, 0.3) is 5.91 Å². The van der Waals surface area contributed by atoms with Gasteiger partial charge in [0.1, 0.15) is 11.4 Å². The van der Waals surface area contributed by atoms with Crippen LogP contribution in [0.3, 0.4) is 0 Å². The van der Waals surface area contributed by atoms with Crippen LogP contribution in [0.4, 0.5) is 27.3 Å². The van der Waals surface area contributed by atoms with E-state index >= 15 is 0 Å². The number of nitrogens with zero attached hydrogens (tertiary/aromatic N) is 3. The Morgan fingerprint density at radius 3 is 2.55 bits per heavy atom. The molecule has 6 rings (SSSR count). The van der Waals surface area contributed by atoms with E-state index in [0.29, 0.717) is 54.4 Å². The van der Waals surface area contributed by atoms with Crippen molar-refractivity contribution in [1.82, 2.24) is 4.98 Å². The average molecular weight is 574 g/mol. The Morgan fingerprint density at radius 1 is 1.12 bits per heavy atom. The van der Waals surface area contributed by atoms with Gasteiger partial charge in [0.15, 0.2) is 11.6 Å². The van der Waals surface area contributed by atoms with Crippen molar-refractivity contribution >= 4 is 38.8 Å². The van der Waals surface area contributed by atoms with Gasteiger partial charge in [-0.15, -0.1) is 0 Å². The van der Waals surface area contributed by atoms with Crippen LogP contribution in [0, 0.1) is 5.41 Å². The number of benzene rings is 1. The number of pyridine rings is 1. The van der Waals surface area contributed by atoms with Crippen LogP contribution in [-0.2, 0) is 16.4 Å². The number of rotatable bonds is 8. The van der Waals surface area contributed by atoms with Crippen LogP contribution in [0.25, 0.3) is 0 Å². The molecule has 1 unspecified atom stereocenters. The van der Waals surface area contributed by atoms with Crippen molar-refractivity contribution < 1.29 is 27.4 Å². The first kappa shape index (κ1) is 27.1. The minimum Gasteiger partial charge on any atom is -0.489 e. The number of anilines is 4. The van der Waals surface area contributed by atoms with Gasteiger partial charge in [0.2, 0.25) is 10.0 Å². The van der Waals surface area contributed by atoms with E-state index in [0.717, 1.165) is 37.2 Å². The molecule has 2 aromatic rings. The maximum Gasteiger partial charge on any atom is 0.274 e. The van der Waals surface area contributed by atoms with E-state index in [9.17, 15) is 17.6 Å². The zero-order chi connectivity index (χ0) is 28.1. The van der Waals surface area contributed by atoms with Crippen LogP contribution >= 0.6 is 0 Å². The van der Waals surface area contributed by atoms with Gasteiger partial charge in [0.05, 0.1) is 42.6 Å². The summed E-state index contributed by atoms with van der Waals surface area (Å²) in [6.45, 7) is 3.89. The average Bonchev–Trinajstić information content (AvgIpc) is 3.30. The lowest BCUT2D eigenvalue weighted by molar-refractivity contribution is 0.102. The highest BCUT2D eigenvalue weighted by molar-refractivity contribution is 7.92.